The number of rotatable bonds is 10. The summed E-state index contributed by atoms with van der Waals surface area (Å²) >= 11 is 0. The van der Waals surface area contributed by atoms with Crippen molar-refractivity contribution >= 4 is 16.9 Å². The van der Waals surface area contributed by atoms with Crippen LogP contribution in [-0.4, -0.2) is 38.9 Å². The Kier molecular flexibility index (Phi) is 7.32. The fraction of sp³-hybridized carbons (Fsp3) is 0.214. The van der Waals surface area contributed by atoms with Crippen molar-refractivity contribution in [3.8, 4) is 11.1 Å². The minimum Gasteiger partial charge on any atom is -0.448 e. The number of hydrogen-bond donors (Lipinski definition) is 3. The molecule has 0 unspecified atom stereocenters. The number of carbonyl (C=O) groups is 1. The molecule has 3 heterocycles. The molecule has 0 aliphatic rings. The molecule has 5 aromatic rings. The molecule has 3 aromatic heterocycles. The smallest absolute Gasteiger partial charge is 0.273 e. The van der Waals surface area contributed by atoms with Gasteiger partial charge < -0.3 is 20.0 Å². The van der Waals surface area contributed by atoms with Gasteiger partial charge in [0, 0.05) is 32.1 Å². The molecule has 1 amide bonds. The first-order chi connectivity index (χ1) is 18.0. The standard InChI is InChI=1S/C28H27FN6O2/c1-18-4-2-5-19(14-18)20-7-8-22-23(15-20)34-26(33-22)9-12-30-13-10-27-35-25(17-37-27)28(36)32-16-24-21(29)6-3-11-31-24/h2-8,11,14-15,17,30H,9-10,12-13,16H2,1H3,(H,32,36)(H,33,34). The lowest BCUT2D eigenvalue weighted by Gasteiger charge is -2.03. The minimum atomic E-state index is -0.468. The highest BCUT2D eigenvalue weighted by molar-refractivity contribution is 5.91. The Balaban J connectivity index is 1.07. The number of halogens is 1. The van der Waals surface area contributed by atoms with Crippen molar-refractivity contribution in [2.45, 2.75) is 26.3 Å². The van der Waals surface area contributed by atoms with Gasteiger partial charge in [-0.25, -0.2) is 14.4 Å². The number of pyridine rings is 1. The lowest BCUT2D eigenvalue weighted by Crippen LogP contribution is -2.24. The normalized spacial score (nSPS) is 11.2. The monoisotopic (exact) mass is 498 g/mol. The molecule has 0 spiro atoms. The Bertz CT molecular complexity index is 1530. The van der Waals surface area contributed by atoms with Crippen LogP contribution in [0.15, 0.2) is 71.5 Å². The van der Waals surface area contributed by atoms with Crippen molar-refractivity contribution < 1.29 is 13.6 Å². The van der Waals surface area contributed by atoms with Crippen molar-refractivity contribution in [2.75, 3.05) is 13.1 Å². The Morgan fingerprint density at radius 2 is 1.89 bits per heavy atom. The van der Waals surface area contributed by atoms with Gasteiger partial charge in [-0.05, 0) is 42.3 Å². The van der Waals surface area contributed by atoms with Crippen molar-refractivity contribution in [3.05, 3.63) is 102 Å². The predicted octanol–water partition coefficient (Wildman–Crippen LogP) is 4.37. The lowest BCUT2D eigenvalue weighted by molar-refractivity contribution is 0.0945. The summed E-state index contributed by atoms with van der Waals surface area (Å²) in [5.74, 6) is 0.463. The van der Waals surface area contributed by atoms with Crippen molar-refractivity contribution in [1.29, 1.82) is 0 Å². The maximum Gasteiger partial charge on any atom is 0.273 e. The molecule has 0 radical (unpaired) electrons. The first kappa shape index (κ1) is 24.3. The molecular weight excluding hydrogens is 471 g/mol. The summed E-state index contributed by atoms with van der Waals surface area (Å²) < 4.78 is 19.0. The summed E-state index contributed by atoms with van der Waals surface area (Å²) in [5, 5.41) is 5.95. The molecule has 0 aliphatic carbocycles. The Morgan fingerprint density at radius 1 is 1.03 bits per heavy atom. The molecule has 0 fully saturated rings. The highest BCUT2D eigenvalue weighted by atomic mass is 19.1. The van der Waals surface area contributed by atoms with E-state index in [1.165, 1.54) is 35.7 Å². The molecule has 3 N–H and O–H groups in total. The largest absolute Gasteiger partial charge is 0.448 e. The van der Waals surface area contributed by atoms with Crippen LogP contribution in [0.5, 0.6) is 0 Å². The Hall–Kier alpha value is -4.37. The number of fused-ring (bicyclic) bond motifs is 1. The molecule has 0 bridgehead atoms. The summed E-state index contributed by atoms with van der Waals surface area (Å²) in [5.41, 5.74) is 5.84. The number of nitrogens with one attached hydrogen (secondary N) is 3. The van der Waals surface area contributed by atoms with Gasteiger partial charge in [0.05, 0.1) is 23.3 Å². The van der Waals surface area contributed by atoms with E-state index in [1.54, 1.807) is 0 Å². The second-order valence-electron chi connectivity index (χ2n) is 8.78. The average Bonchev–Trinajstić information content (AvgIpc) is 3.54. The molecule has 0 aliphatic heterocycles. The fourth-order valence-corrected chi connectivity index (χ4v) is 4.04. The van der Waals surface area contributed by atoms with Gasteiger partial charge in [0.15, 0.2) is 11.6 Å². The first-order valence-electron chi connectivity index (χ1n) is 12.1. The van der Waals surface area contributed by atoms with E-state index in [0.717, 1.165) is 35.4 Å². The van der Waals surface area contributed by atoms with E-state index in [4.69, 9.17) is 9.40 Å². The third-order valence-electron chi connectivity index (χ3n) is 5.97. The van der Waals surface area contributed by atoms with Crippen LogP contribution in [0.4, 0.5) is 4.39 Å². The fourth-order valence-electron chi connectivity index (χ4n) is 4.04. The quantitative estimate of drug-likeness (QED) is 0.247. The van der Waals surface area contributed by atoms with E-state index >= 15 is 0 Å². The van der Waals surface area contributed by atoms with Crippen LogP contribution < -0.4 is 10.6 Å². The number of H-pyrrole nitrogens is 1. The van der Waals surface area contributed by atoms with Crippen LogP contribution >= 0.6 is 0 Å². The molecule has 188 valence electrons. The average molecular weight is 499 g/mol. The van der Waals surface area contributed by atoms with Crippen LogP contribution in [0.25, 0.3) is 22.2 Å². The van der Waals surface area contributed by atoms with E-state index < -0.39 is 11.7 Å². The maximum absolute atomic E-state index is 13.6. The van der Waals surface area contributed by atoms with Crippen LogP contribution in [0, 0.1) is 12.7 Å². The summed E-state index contributed by atoms with van der Waals surface area (Å²) in [7, 11) is 0. The number of aromatic amines is 1. The lowest BCUT2D eigenvalue weighted by atomic mass is 10.0. The topological polar surface area (TPSA) is 109 Å². The molecule has 37 heavy (non-hydrogen) atoms. The highest BCUT2D eigenvalue weighted by Gasteiger charge is 2.13. The number of imidazole rings is 1. The van der Waals surface area contributed by atoms with Crippen molar-refractivity contribution in [3.63, 3.8) is 0 Å². The van der Waals surface area contributed by atoms with Crippen molar-refractivity contribution in [2.24, 2.45) is 0 Å². The minimum absolute atomic E-state index is 0.0235. The number of carbonyl (C=O) groups excluding carboxylic acids is 1. The third-order valence-corrected chi connectivity index (χ3v) is 5.97. The van der Waals surface area contributed by atoms with Gasteiger partial charge in [-0.15, -0.1) is 0 Å². The van der Waals surface area contributed by atoms with Crippen LogP contribution in [0.2, 0.25) is 0 Å². The predicted molar refractivity (Wildman–Crippen MR) is 138 cm³/mol. The number of benzene rings is 2. The van der Waals surface area contributed by atoms with Gasteiger partial charge in [-0.1, -0.05) is 35.9 Å². The molecule has 2 aromatic carbocycles. The number of hydrogen-bond acceptors (Lipinski definition) is 6. The van der Waals surface area contributed by atoms with E-state index in [0.29, 0.717) is 18.9 Å². The zero-order chi connectivity index (χ0) is 25.6. The first-order valence-corrected chi connectivity index (χ1v) is 12.1. The van der Waals surface area contributed by atoms with Gasteiger partial charge in [0.2, 0.25) is 0 Å². The highest BCUT2D eigenvalue weighted by Crippen LogP contribution is 2.24. The number of aryl methyl sites for hydroxylation is 1. The van der Waals surface area contributed by atoms with Gasteiger partial charge in [0.25, 0.3) is 5.91 Å². The number of aromatic nitrogens is 4. The molecule has 0 saturated carbocycles. The summed E-state index contributed by atoms with van der Waals surface area (Å²) in [6.07, 6.45) is 4.06. The van der Waals surface area contributed by atoms with Crippen LogP contribution in [0.1, 0.15) is 33.5 Å². The zero-order valence-electron chi connectivity index (χ0n) is 20.4. The Morgan fingerprint density at radius 3 is 2.76 bits per heavy atom. The Labute approximate surface area is 213 Å². The van der Waals surface area contributed by atoms with Crippen LogP contribution in [-0.2, 0) is 19.4 Å². The second kappa shape index (κ2) is 11.1. The van der Waals surface area contributed by atoms with Crippen molar-refractivity contribution in [1.82, 2.24) is 30.6 Å². The molecule has 9 heteroatoms. The van der Waals surface area contributed by atoms with Gasteiger partial charge >= 0.3 is 0 Å². The summed E-state index contributed by atoms with van der Waals surface area (Å²) in [4.78, 5) is 28.5. The molecule has 0 saturated heterocycles. The number of amides is 1. The second-order valence-corrected chi connectivity index (χ2v) is 8.78. The number of nitrogens with zero attached hydrogens (tertiary/aromatic N) is 3. The number of oxazole rings is 1. The van der Waals surface area contributed by atoms with E-state index in [1.807, 2.05) is 0 Å². The molecule has 5 rings (SSSR count). The summed E-state index contributed by atoms with van der Waals surface area (Å²) in [6, 6.07) is 17.5. The summed E-state index contributed by atoms with van der Waals surface area (Å²) in [6.45, 7) is 3.44. The van der Waals surface area contributed by atoms with Gasteiger partial charge in [-0.2, -0.15) is 0 Å². The molecule has 8 nitrogen and oxygen atoms in total. The maximum atomic E-state index is 13.6. The van der Waals surface area contributed by atoms with Gasteiger partial charge in [-0.3, -0.25) is 9.78 Å². The van der Waals surface area contributed by atoms with E-state index in [2.05, 4.69) is 75.0 Å². The van der Waals surface area contributed by atoms with Gasteiger partial charge in [0.1, 0.15) is 17.9 Å². The van der Waals surface area contributed by atoms with Crippen LogP contribution in [0.3, 0.4) is 0 Å². The molecule has 0 atom stereocenters. The van der Waals surface area contributed by atoms with E-state index in [9.17, 15) is 9.18 Å². The third kappa shape index (κ3) is 6.07. The molecular formula is C28H27FN6O2. The SMILES string of the molecule is Cc1cccc(-c2ccc3[nH]c(CCNCCc4nc(C(=O)NCc5ncccc5F)co4)nc3c2)c1. The zero-order valence-corrected chi connectivity index (χ0v) is 20.4. The van der Waals surface area contributed by atoms with E-state index in [-0.39, 0.29) is 17.9 Å².